The summed E-state index contributed by atoms with van der Waals surface area (Å²) in [7, 11) is 0. The van der Waals surface area contributed by atoms with Crippen molar-refractivity contribution in [1.29, 1.82) is 0 Å². The number of carbonyl (C=O) groups excluding carboxylic acids is 1. The zero-order valence-electron chi connectivity index (χ0n) is 9.98. The van der Waals surface area contributed by atoms with Crippen molar-refractivity contribution in [2.75, 3.05) is 13.1 Å². The van der Waals surface area contributed by atoms with Gasteiger partial charge in [-0.2, -0.15) is 0 Å². The van der Waals surface area contributed by atoms with Gasteiger partial charge in [-0.25, -0.2) is 0 Å². The quantitative estimate of drug-likeness (QED) is 0.825. The van der Waals surface area contributed by atoms with Crippen LogP contribution in [0.5, 0.6) is 0 Å². The van der Waals surface area contributed by atoms with Crippen LogP contribution in [-0.4, -0.2) is 35.1 Å². The smallest absolute Gasteiger partial charge is 0.264 e. The number of β-amino-alcohol motifs (C(OH)–C–C–N with tert-alkyl or cyclic N) is 1. The number of aliphatic hydroxyl groups is 1. The van der Waals surface area contributed by atoms with E-state index in [0.717, 1.165) is 23.6 Å². The maximum absolute atomic E-state index is 12.1. The molecule has 0 aromatic carbocycles. The van der Waals surface area contributed by atoms with Crippen molar-refractivity contribution in [3.05, 3.63) is 21.4 Å². The summed E-state index contributed by atoms with van der Waals surface area (Å²) in [5, 5.41) is 9.22. The number of carbonyl (C=O) groups is 1. The highest BCUT2D eigenvalue weighted by atomic mass is 32.1. The standard InChI is InChI=1S/C13H17NO2S/c1-8-2-3-11-9(4-8)5-12(17-11)13(16)14-6-10(15)7-14/h5,8,10,15H,2-4,6-7H2,1H3. The molecule has 1 aliphatic carbocycles. The molecular formula is C13H17NO2S. The lowest BCUT2D eigenvalue weighted by Crippen LogP contribution is -2.53. The summed E-state index contributed by atoms with van der Waals surface area (Å²) in [4.78, 5) is 16.1. The normalized spacial score (nSPS) is 24.4. The number of rotatable bonds is 1. The maximum atomic E-state index is 12.1. The average Bonchev–Trinajstić information content (AvgIpc) is 2.66. The van der Waals surface area contributed by atoms with Crippen LogP contribution in [0.4, 0.5) is 0 Å². The SMILES string of the molecule is CC1CCc2sc(C(=O)N3CC(O)C3)cc2C1. The first-order chi connectivity index (χ1) is 8.13. The third kappa shape index (κ3) is 2.00. The van der Waals surface area contributed by atoms with Crippen LogP contribution in [0.2, 0.25) is 0 Å². The molecule has 4 heteroatoms. The van der Waals surface area contributed by atoms with Gasteiger partial charge in [-0.15, -0.1) is 11.3 Å². The number of fused-ring (bicyclic) bond motifs is 1. The summed E-state index contributed by atoms with van der Waals surface area (Å²) in [5.74, 6) is 0.841. The zero-order valence-corrected chi connectivity index (χ0v) is 10.8. The second kappa shape index (κ2) is 4.10. The Morgan fingerprint density at radius 3 is 3.00 bits per heavy atom. The van der Waals surface area contributed by atoms with E-state index in [1.165, 1.54) is 16.9 Å². The van der Waals surface area contributed by atoms with Gasteiger partial charge in [0.05, 0.1) is 11.0 Å². The van der Waals surface area contributed by atoms with Gasteiger partial charge in [0.2, 0.25) is 0 Å². The molecule has 0 bridgehead atoms. The molecule has 1 aromatic heterocycles. The molecule has 2 heterocycles. The number of thiophene rings is 1. The summed E-state index contributed by atoms with van der Waals surface area (Å²) in [6, 6.07) is 2.07. The monoisotopic (exact) mass is 251 g/mol. The fraction of sp³-hybridized carbons (Fsp3) is 0.615. The lowest BCUT2D eigenvalue weighted by Gasteiger charge is -2.35. The number of hydrogen-bond acceptors (Lipinski definition) is 3. The highest BCUT2D eigenvalue weighted by molar-refractivity contribution is 7.14. The van der Waals surface area contributed by atoms with Crippen LogP contribution in [0, 0.1) is 5.92 Å². The zero-order chi connectivity index (χ0) is 12.0. The van der Waals surface area contributed by atoms with Crippen molar-refractivity contribution in [2.24, 2.45) is 5.92 Å². The van der Waals surface area contributed by atoms with Crippen LogP contribution in [-0.2, 0) is 12.8 Å². The summed E-state index contributed by atoms with van der Waals surface area (Å²) in [6.07, 6.45) is 3.16. The molecule has 1 aromatic rings. The van der Waals surface area contributed by atoms with E-state index in [-0.39, 0.29) is 12.0 Å². The Hall–Kier alpha value is -0.870. The molecule has 1 N–H and O–H groups in total. The minimum atomic E-state index is -0.312. The highest BCUT2D eigenvalue weighted by Crippen LogP contribution is 2.33. The van der Waals surface area contributed by atoms with Gasteiger partial charge in [-0.1, -0.05) is 6.92 Å². The molecule has 3 rings (SSSR count). The van der Waals surface area contributed by atoms with Gasteiger partial charge in [0.1, 0.15) is 0 Å². The van der Waals surface area contributed by atoms with Crippen molar-refractivity contribution in [3.8, 4) is 0 Å². The molecule has 2 aliphatic rings. The van der Waals surface area contributed by atoms with Crippen molar-refractivity contribution < 1.29 is 9.90 Å². The molecule has 1 fully saturated rings. The summed E-state index contributed by atoms with van der Waals surface area (Å²) < 4.78 is 0. The van der Waals surface area contributed by atoms with Gasteiger partial charge in [-0.05, 0) is 36.8 Å². The molecule has 0 radical (unpaired) electrons. The highest BCUT2D eigenvalue weighted by Gasteiger charge is 2.31. The molecular weight excluding hydrogens is 234 g/mol. The van der Waals surface area contributed by atoms with Gasteiger partial charge in [0.25, 0.3) is 5.91 Å². The fourth-order valence-corrected chi connectivity index (χ4v) is 3.76. The van der Waals surface area contributed by atoms with E-state index in [4.69, 9.17) is 0 Å². The maximum Gasteiger partial charge on any atom is 0.264 e. The van der Waals surface area contributed by atoms with Crippen LogP contribution in [0.1, 0.15) is 33.5 Å². The van der Waals surface area contributed by atoms with E-state index < -0.39 is 0 Å². The second-order valence-electron chi connectivity index (χ2n) is 5.27. The third-order valence-corrected chi connectivity index (χ3v) is 4.91. The van der Waals surface area contributed by atoms with Crippen LogP contribution in [0.3, 0.4) is 0 Å². The molecule has 92 valence electrons. The molecule has 3 nitrogen and oxygen atoms in total. The molecule has 17 heavy (non-hydrogen) atoms. The van der Waals surface area contributed by atoms with Crippen LogP contribution in [0.15, 0.2) is 6.07 Å². The summed E-state index contributed by atoms with van der Waals surface area (Å²) in [5.41, 5.74) is 1.37. The van der Waals surface area contributed by atoms with Crippen LogP contribution in [0.25, 0.3) is 0 Å². The fourth-order valence-electron chi connectivity index (χ4n) is 2.59. The first kappa shape index (κ1) is 11.2. The third-order valence-electron chi connectivity index (χ3n) is 3.69. The minimum absolute atomic E-state index is 0.0994. The lowest BCUT2D eigenvalue weighted by atomic mass is 9.90. The average molecular weight is 251 g/mol. The van der Waals surface area contributed by atoms with E-state index in [1.54, 1.807) is 16.2 Å². The Kier molecular flexibility index (Phi) is 2.71. The Bertz CT molecular complexity index is 448. The van der Waals surface area contributed by atoms with Crippen molar-refractivity contribution in [2.45, 2.75) is 32.3 Å². The molecule has 1 saturated heterocycles. The van der Waals surface area contributed by atoms with E-state index in [0.29, 0.717) is 13.1 Å². The molecule has 1 atom stereocenters. The predicted molar refractivity (Wildman–Crippen MR) is 67.4 cm³/mol. The number of nitrogens with zero attached hydrogens (tertiary/aromatic N) is 1. The van der Waals surface area contributed by atoms with Gasteiger partial charge in [-0.3, -0.25) is 4.79 Å². The van der Waals surface area contributed by atoms with Gasteiger partial charge in [0.15, 0.2) is 0 Å². The Balaban J connectivity index is 1.78. The van der Waals surface area contributed by atoms with Crippen molar-refractivity contribution in [1.82, 2.24) is 4.90 Å². The number of amides is 1. The minimum Gasteiger partial charge on any atom is -0.389 e. The number of likely N-dealkylation sites (tertiary alicyclic amines) is 1. The number of hydrogen-bond donors (Lipinski definition) is 1. The molecule has 1 amide bonds. The topological polar surface area (TPSA) is 40.5 Å². The summed E-state index contributed by atoms with van der Waals surface area (Å²) in [6.45, 7) is 3.27. The first-order valence-electron chi connectivity index (χ1n) is 6.22. The summed E-state index contributed by atoms with van der Waals surface area (Å²) >= 11 is 1.65. The number of aliphatic hydroxyl groups excluding tert-OH is 1. The van der Waals surface area contributed by atoms with Gasteiger partial charge < -0.3 is 10.0 Å². The Morgan fingerprint density at radius 1 is 1.53 bits per heavy atom. The van der Waals surface area contributed by atoms with E-state index in [9.17, 15) is 9.90 Å². The predicted octanol–water partition coefficient (Wildman–Crippen LogP) is 1.69. The Morgan fingerprint density at radius 2 is 2.29 bits per heavy atom. The van der Waals surface area contributed by atoms with Crippen LogP contribution >= 0.6 is 11.3 Å². The van der Waals surface area contributed by atoms with Gasteiger partial charge >= 0.3 is 0 Å². The number of aryl methyl sites for hydroxylation is 1. The first-order valence-corrected chi connectivity index (χ1v) is 7.04. The van der Waals surface area contributed by atoms with E-state index in [2.05, 4.69) is 13.0 Å². The largest absolute Gasteiger partial charge is 0.389 e. The lowest BCUT2D eigenvalue weighted by molar-refractivity contribution is 0.00622. The molecule has 1 unspecified atom stereocenters. The van der Waals surface area contributed by atoms with E-state index >= 15 is 0 Å². The van der Waals surface area contributed by atoms with E-state index in [1.807, 2.05) is 0 Å². The van der Waals surface area contributed by atoms with Gasteiger partial charge in [0, 0.05) is 18.0 Å². The Labute approximate surface area is 105 Å². The van der Waals surface area contributed by atoms with Crippen molar-refractivity contribution >= 4 is 17.2 Å². The van der Waals surface area contributed by atoms with Crippen molar-refractivity contribution in [3.63, 3.8) is 0 Å². The molecule has 1 aliphatic heterocycles. The molecule has 0 spiro atoms. The van der Waals surface area contributed by atoms with Crippen LogP contribution < -0.4 is 0 Å². The second-order valence-corrected chi connectivity index (χ2v) is 6.41. The molecule has 0 saturated carbocycles.